The monoisotopic (exact) mass is 261 g/mol. The van der Waals surface area contributed by atoms with Gasteiger partial charge in [0.25, 0.3) is 0 Å². The van der Waals surface area contributed by atoms with Crippen molar-refractivity contribution in [1.29, 1.82) is 0 Å². The lowest BCUT2D eigenvalue weighted by molar-refractivity contribution is -0.141. The van der Waals surface area contributed by atoms with Gasteiger partial charge in [0, 0.05) is 25.2 Å². The summed E-state index contributed by atoms with van der Waals surface area (Å²) < 4.78 is 37.4. The molecule has 1 N–H and O–H groups in total. The largest absolute Gasteiger partial charge is 0.465 e. The summed E-state index contributed by atoms with van der Waals surface area (Å²) in [6.07, 6.45) is -4.10. The fourth-order valence-corrected chi connectivity index (χ4v) is 1.87. The van der Waals surface area contributed by atoms with Crippen molar-refractivity contribution in [2.24, 2.45) is 0 Å². The van der Waals surface area contributed by atoms with E-state index in [9.17, 15) is 18.0 Å². The molecule has 1 amide bonds. The first-order valence-electron chi connectivity index (χ1n) is 5.26. The highest BCUT2D eigenvalue weighted by atomic mass is 19.4. The van der Waals surface area contributed by atoms with Crippen molar-refractivity contribution in [3.63, 3.8) is 0 Å². The van der Waals surface area contributed by atoms with Crippen LogP contribution in [0.15, 0.2) is 12.3 Å². The second kappa shape index (κ2) is 4.43. The molecular weight excluding hydrogens is 251 g/mol. The molecule has 2 heterocycles. The van der Waals surface area contributed by atoms with Crippen molar-refractivity contribution in [2.75, 3.05) is 13.1 Å². The van der Waals surface area contributed by atoms with Crippen molar-refractivity contribution >= 4 is 6.09 Å². The molecule has 0 bridgehead atoms. The molecule has 1 atom stereocenters. The minimum Gasteiger partial charge on any atom is -0.465 e. The van der Waals surface area contributed by atoms with E-state index in [2.05, 4.69) is 9.97 Å². The number of aromatic nitrogens is 2. The number of nitrogens with zero attached hydrogens (tertiary/aromatic N) is 3. The number of carboxylic acid groups (broad SMARTS) is 1. The van der Waals surface area contributed by atoms with Crippen molar-refractivity contribution in [3.8, 4) is 0 Å². The van der Waals surface area contributed by atoms with Gasteiger partial charge in [-0.2, -0.15) is 13.2 Å². The van der Waals surface area contributed by atoms with Crippen molar-refractivity contribution in [3.05, 3.63) is 23.8 Å². The van der Waals surface area contributed by atoms with Crippen LogP contribution in [-0.2, 0) is 6.18 Å². The van der Waals surface area contributed by atoms with E-state index in [0.29, 0.717) is 13.0 Å². The Labute approximate surface area is 100 Å². The first-order chi connectivity index (χ1) is 8.38. The van der Waals surface area contributed by atoms with E-state index in [1.807, 2.05) is 0 Å². The molecule has 8 heteroatoms. The summed E-state index contributed by atoms with van der Waals surface area (Å²) in [6, 6.07) is 0.799. The molecule has 2 rings (SSSR count). The Bertz CT molecular complexity index is 464. The van der Waals surface area contributed by atoms with E-state index in [4.69, 9.17) is 5.11 Å². The zero-order chi connectivity index (χ0) is 13.3. The molecule has 1 unspecified atom stereocenters. The number of halogens is 3. The van der Waals surface area contributed by atoms with Gasteiger partial charge in [0.2, 0.25) is 0 Å². The lowest BCUT2D eigenvalue weighted by Crippen LogP contribution is -2.26. The van der Waals surface area contributed by atoms with Crippen molar-refractivity contribution in [1.82, 2.24) is 14.9 Å². The molecule has 0 aromatic carbocycles. The van der Waals surface area contributed by atoms with Crippen molar-refractivity contribution in [2.45, 2.75) is 18.5 Å². The number of amides is 1. The maximum atomic E-state index is 12.5. The van der Waals surface area contributed by atoms with E-state index in [1.165, 1.54) is 0 Å². The highest BCUT2D eigenvalue weighted by Crippen LogP contribution is 2.30. The fourth-order valence-electron chi connectivity index (χ4n) is 1.87. The molecule has 1 aromatic rings. The Morgan fingerprint density at radius 1 is 1.50 bits per heavy atom. The molecule has 0 saturated carbocycles. The number of alkyl halides is 3. The third-order valence-electron chi connectivity index (χ3n) is 2.79. The number of hydrogen-bond donors (Lipinski definition) is 1. The van der Waals surface area contributed by atoms with Crippen LogP contribution in [-0.4, -0.2) is 39.2 Å². The molecule has 1 fully saturated rings. The number of likely N-dealkylation sites (tertiary alicyclic amines) is 1. The molecule has 5 nitrogen and oxygen atoms in total. The molecular formula is C10H10F3N3O2. The summed E-state index contributed by atoms with van der Waals surface area (Å²) in [5.41, 5.74) is -0.999. The molecule has 0 spiro atoms. The van der Waals surface area contributed by atoms with Crippen LogP contribution >= 0.6 is 0 Å². The minimum atomic E-state index is -4.51. The van der Waals surface area contributed by atoms with E-state index >= 15 is 0 Å². The lowest BCUT2D eigenvalue weighted by atomic mass is 10.1. The third-order valence-corrected chi connectivity index (χ3v) is 2.79. The summed E-state index contributed by atoms with van der Waals surface area (Å²) in [4.78, 5) is 19.1. The first-order valence-corrected chi connectivity index (χ1v) is 5.26. The average Bonchev–Trinajstić information content (AvgIpc) is 2.77. The van der Waals surface area contributed by atoms with Gasteiger partial charge in [0.15, 0.2) is 0 Å². The third kappa shape index (κ3) is 2.52. The summed E-state index contributed by atoms with van der Waals surface area (Å²) in [5, 5.41) is 8.77. The van der Waals surface area contributed by atoms with Crippen LogP contribution in [0.1, 0.15) is 23.9 Å². The Balaban J connectivity index is 2.18. The van der Waals surface area contributed by atoms with Crippen LogP contribution < -0.4 is 0 Å². The highest BCUT2D eigenvalue weighted by molar-refractivity contribution is 5.65. The van der Waals surface area contributed by atoms with Gasteiger partial charge in [0.1, 0.15) is 11.5 Å². The Morgan fingerprint density at radius 3 is 2.78 bits per heavy atom. The predicted molar refractivity (Wildman–Crippen MR) is 54.0 cm³/mol. The predicted octanol–water partition coefficient (Wildman–Crippen LogP) is 1.96. The van der Waals surface area contributed by atoms with Crippen LogP contribution in [0.4, 0.5) is 18.0 Å². The number of hydrogen-bond acceptors (Lipinski definition) is 3. The summed E-state index contributed by atoms with van der Waals surface area (Å²) in [5.74, 6) is -0.322. The molecule has 1 aliphatic heterocycles. The zero-order valence-corrected chi connectivity index (χ0v) is 9.18. The van der Waals surface area contributed by atoms with Gasteiger partial charge in [-0.1, -0.05) is 0 Å². The Hall–Kier alpha value is -1.86. The average molecular weight is 261 g/mol. The van der Waals surface area contributed by atoms with Gasteiger partial charge in [-0.25, -0.2) is 14.8 Å². The normalized spacial score (nSPS) is 20.2. The first kappa shape index (κ1) is 12.6. The van der Waals surface area contributed by atoms with Gasteiger partial charge >= 0.3 is 12.3 Å². The summed E-state index contributed by atoms with van der Waals surface area (Å²) in [7, 11) is 0. The van der Waals surface area contributed by atoms with Gasteiger partial charge in [0.05, 0.1) is 0 Å². The molecule has 18 heavy (non-hydrogen) atoms. The minimum absolute atomic E-state index is 0.0496. The van der Waals surface area contributed by atoms with Crippen LogP contribution in [0.2, 0.25) is 0 Å². The maximum Gasteiger partial charge on any atom is 0.433 e. The SMILES string of the molecule is O=C(O)N1CCC(c2nccc(C(F)(F)F)n2)C1. The highest BCUT2D eigenvalue weighted by Gasteiger charge is 2.35. The Morgan fingerprint density at radius 2 is 2.22 bits per heavy atom. The van der Waals surface area contributed by atoms with E-state index < -0.39 is 18.0 Å². The van der Waals surface area contributed by atoms with E-state index in [-0.39, 0.29) is 18.3 Å². The molecule has 1 aliphatic rings. The van der Waals surface area contributed by atoms with Gasteiger partial charge in [-0.05, 0) is 12.5 Å². The number of rotatable bonds is 1. The second-order valence-corrected chi connectivity index (χ2v) is 4.01. The Kier molecular flexibility index (Phi) is 3.10. The van der Waals surface area contributed by atoms with Crippen molar-refractivity contribution < 1.29 is 23.1 Å². The summed E-state index contributed by atoms with van der Waals surface area (Å²) in [6.45, 7) is 0.427. The van der Waals surface area contributed by atoms with Crippen LogP contribution in [0.3, 0.4) is 0 Å². The van der Waals surface area contributed by atoms with E-state index in [1.54, 1.807) is 0 Å². The second-order valence-electron chi connectivity index (χ2n) is 4.01. The van der Waals surface area contributed by atoms with E-state index in [0.717, 1.165) is 17.2 Å². The quantitative estimate of drug-likeness (QED) is 0.839. The smallest absolute Gasteiger partial charge is 0.433 e. The van der Waals surface area contributed by atoms with Gasteiger partial charge < -0.3 is 10.0 Å². The van der Waals surface area contributed by atoms with Crippen LogP contribution in [0, 0.1) is 0 Å². The fraction of sp³-hybridized carbons (Fsp3) is 0.500. The topological polar surface area (TPSA) is 66.3 Å². The molecule has 1 aromatic heterocycles. The molecule has 0 radical (unpaired) electrons. The van der Waals surface area contributed by atoms with Gasteiger partial charge in [-0.3, -0.25) is 0 Å². The van der Waals surface area contributed by atoms with Gasteiger partial charge in [-0.15, -0.1) is 0 Å². The standard InChI is InChI=1S/C10H10F3N3O2/c11-10(12,13)7-1-3-14-8(15-7)6-2-4-16(5-6)9(17)18/h1,3,6H,2,4-5H2,(H,17,18). The molecule has 0 aliphatic carbocycles. The zero-order valence-electron chi connectivity index (χ0n) is 9.18. The summed E-state index contributed by atoms with van der Waals surface area (Å²) >= 11 is 0. The maximum absolute atomic E-state index is 12.5. The number of carbonyl (C=O) groups is 1. The molecule has 98 valence electrons. The molecule has 1 saturated heterocycles. The van der Waals surface area contributed by atoms with Crippen LogP contribution in [0.5, 0.6) is 0 Å². The van der Waals surface area contributed by atoms with Crippen LogP contribution in [0.25, 0.3) is 0 Å². The lowest BCUT2D eigenvalue weighted by Gasteiger charge is -2.12.